The average Bonchev–Trinajstić information content (AvgIpc) is 3.21. The average molecular weight is 375 g/mol. The first-order chi connectivity index (χ1) is 12.7. The minimum atomic E-state index is -0.695. The second-order valence-corrected chi connectivity index (χ2v) is 7.54. The van der Waals surface area contributed by atoms with E-state index in [2.05, 4.69) is 20.6 Å². The largest absolute Gasteiger partial charge is 0.334 e. The molecule has 1 N–H and O–H groups in total. The standard InChI is InChI=1S/C19H23F2N5O/c1-11(22-5)8-16-23-18(27-25-16)14-10-26(19(2,3)4)24-17(14)13-7-6-12(20)9-15(13)21/h6-7,9-11,22H,8H2,1-5H3. The van der Waals surface area contributed by atoms with Gasteiger partial charge in [-0.2, -0.15) is 10.1 Å². The summed E-state index contributed by atoms with van der Waals surface area (Å²) < 4.78 is 34.8. The van der Waals surface area contributed by atoms with Crippen molar-refractivity contribution in [1.82, 2.24) is 25.2 Å². The first-order valence-corrected chi connectivity index (χ1v) is 8.75. The zero-order valence-corrected chi connectivity index (χ0v) is 16.0. The predicted molar refractivity (Wildman–Crippen MR) is 98.1 cm³/mol. The molecule has 0 saturated heterocycles. The van der Waals surface area contributed by atoms with E-state index < -0.39 is 11.6 Å². The lowest BCUT2D eigenvalue weighted by atomic mass is 10.1. The molecule has 1 aromatic carbocycles. The molecule has 0 radical (unpaired) electrons. The minimum Gasteiger partial charge on any atom is -0.334 e. The summed E-state index contributed by atoms with van der Waals surface area (Å²) in [5.74, 6) is -0.545. The predicted octanol–water partition coefficient (Wildman–Crippen LogP) is 3.78. The Morgan fingerprint density at radius 3 is 2.59 bits per heavy atom. The fourth-order valence-electron chi connectivity index (χ4n) is 2.58. The fraction of sp³-hybridized carbons (Fsp3) is 0.421. The maximum absolute atomic E-state index is 14.4. The molecule has 2 aromatic heterocycles. The van der Waals surface area contributed by atoms with Crippen LogP contribution >= 0.6 is 0 Å². The van der Waals surface area contributed by atoms with E-state index in [0.29, 0.717) is 23.5 Å². The molecule has 0 amide bonds. The van der Waals surface area contributed by atoms with Gasteiger partial charge < -0.3 is 9.84 Å². The summed E-state index contributed by atoms with van der Waals surface area (Å²) in [7, 11) is 1.86. The zero-order chi connectivity index (χ0) is 19.8. The van der Waals surface area contributed by atoms with Crippen LogP contribution in [-0.4, -0.2) is 33.0 Å². The van der Waals surface area contributed by atoms with E-state index in [-0.39, 0.29) is 23.0 Å². The maximum atomic E-state index is 14.4. The first kappa shape index (κ1) is 19.2. The number of rotatable bonds is 5. The summed E-state index contributed by atoms with van der Waals surface area (Å²) in [6.07, 6.45) is 2.34. The van der Waals surface area contributed by atoms with Crippen LogP contribution in [0.3, 0.4) is 0 Å². The highest BCUT2D eigenvalue weighted by Gasteiger charge is 2.25. The lowest BCUT2D eigenvalue weighted by Crippen LogP contribution is -2.24. The summed E-state index contributed by atoms with van der Waals surface area (Å²) in [6.45, 7) is 7.93. The molecule has 2 heterocycles. The smallest absolute Gasteiger partial charge is 0.261 e. The number of likely N-dealkylation sites (N-methyl/N-ethyl adjacent to an activating group) is 1. The molecule has 0 bridgehead atoms. The number of nitrogens with one attached hydrogen (secondary N) is 1. The summed E-state index contributed by atoms with van der Waals surface area (Å²) >= 11 is 0. The Balaban J connectivity index is 2.10. The number of aromatic nitrogens is 4. The van der Waals surface area contributed by atoms with Gasteiger partial charge in [0.25, 0.3) is 5.89 Å². The van der Waals surface area contributed by atoms with Crippen LogP contribution < -0.4 is 5.32 Å². The van der Waals surface area contributed by atoms with Gasteiger partial charge in [-0.05, 0) is 46.9 Å². The van der Waals surface area contributed by atoms with Crippen LogP contribution in [0.4, 0.5) is 8.78 Å². The third-order valence-corrected chi connectivity index (χ3v) is 4.27. The van der Waals surface area contributed by atoms with Gasteiger partial charge in [0.2, 0.25) is 0 Å². The Morgan fingerprint density at radius 2 is 1.96 bits per heavy atom. The maximum Gasteiger partial charge on any atom is 0.261 e. The Hall–Kier alpha value is -2.61. The van der Waals surface area contributed by atoms with Crippen LogP contribution in [0.5, 0.6) is 0 Å². The molecule has 0 spiro atoms. The van der Waals surface area contributed by atoms with Crippen molar-refractivity contribution in [2.45, 2.75) is 45.7 Å². The van der Waals surface area contributed by atoms with E-state index in [1.54, 1.807) is 10.9 Å². The molecule has 0 aliphatic carbocycles. The Labute approximate surface area is 156 Å². The van der Waals surface area contributed by atoms with Gasteiger partial charge in [0.05, 0.1) is 11.1 Å². The van der Waals surface area contributed by atoms with Crippen LogP contribution in [0, 0.1) is 11.6 Å². The molecule has 3 aromatic rings. The van der Waals surface area contributed by atoms with Crippen LogP contribution in [0.25, 0.3) is 22.7 Å². The van der Waals surface area contributed by atoms with Crippen LogP contribution in [-0.2, 0) is 12.0 Å². The SMILES string of the molecule is CNC(C)Cc1noc(-c2cn(C(C)(C)C)nc2-c2ccc(F)cc2F)n1. The first-order valence-electron chi connectivity index (χ1n) is 8.75. The van der Waals surface area contributed by atoms with E-state index >= 15 is 0 Å². The molecule has 0 fully saturated rings. The number of benzene rings is 1. The molecule has 0 aliphatic rings. The fourth-order valence-corrected chi connectivity index (χ4v) is 2.58. The van der Waals surface area contributed by atoms with Crippen molar-refractivity contribution < 1.29 is 13.3 Å². The molecule has 8 heteroatoms. The second-order valence-electron chi connectivity index (χ2n) is 7.54. The van der Waals surface area contributed by atoms with Gasteiger partial charge in [0, 0.05) is 30.3 Å². The van der Waals surface area contributed by atoms with Gasteiger partial charge in [0.15, 0.2) is 5.82 Å². The van der Waals surface area contributed by atoms with Gasteiger partial charge in [-0.15, -0.1) is 0 Å². The molecule has 0 saturated carbocycles. The molecule has 27 heavy (non-hydrogen) atoms. The highest BCUT2D eigenvalue weighted by atomic mass is 19.1. The van der Waals surface area contributed by atoms with Gasteiger partial charge >= 0.3 is 0 Å². The number of nitrogens with zero attached hydrogens (tertiary/aromatic N) is 4. The summed E-state index contributed by atoms with van der Waals surface area (Å²) in [4.78, 5) is 4.43. The summed E-state index contributed by atoms with van der Waals surface area (Å²) in [5, 5.41) is 11.6. The highest BCUT2D eigenvalue weighted by molar-refractivity contribution is 5.76. The van der Waals surface area contributed by atoms with E-state index in [1.165, 1.54) is 12.1 Å². The summed E-state index contributed by atoms with van der Waals surface area (Å²) in [5.41, 5.74) is 0.677. The Morgan fingerprint density at radius 1 is 1.22 bits per heavy atom. The van der Waals surface area contributed by atoms with Gasteiger partial charge in [-0.3, -0.25) is 4.68 Å². The Kier molecular flexibility index (Phi) is 5.10. The molecule has 0 aliphatic heterocycles. The van der Waals surface area contributed by atoms with Crippen molar-refractivity contribution in [3.8, 4) is 22.7 Å². The number of halogens is 2. The van der Waals surface area contributed by atoms with Crippen molar-refractivity contribution in [3.05, 3.63) is 41.9 Å². The van der Waals surface area contributed by atoms with Crippen molar-refractivity contribution in [2.24, 2.45) is 0 Å². The van der Waals surface area contributed by atoms with Crippen molar-refractivity contribution in [1.29, 1.82) is 0 Å². The molecular weight excluding hydrogens is 352 g/mol. The topological polar surface area (TPSA) is 68.8 Å². The lowest BCUT2D eigenvalue weighted by molar-refractivity contribution is 0.356. The van der Waals surface area contributed by atoms with E-state index in [9.17, 15) is 8.78 Å². The molecule has 6 nitrogen and oxygen atoms in total. The lowest BCUT2D eigenvalue weighted by Gasteiger charge is -2.18. The minimum absolute atomic E-state index is 0.178. The van der Waals surface area contributed by atoms with Crippen LogP contribution in [0.1, 0.15) is 33.5 Å². The van der Waals surface area contributed by atoms with Crippen molar-refractivity contribution in [2.75, 3.05) is 7.05 Å². The quantitative estimate of drug-likeness (QED) is 0.735. The third kappa shape index (κ3) is 4.05. The van der Waals surface area contributed by atoms with E-state index in [0.717, 1.165) is 6.07 Å². The van der Waals surface area contributed by atoms with Crippen molar-refractivity contribution >= 4 is 0 Å². The Bertz CT molecular complexity index is 942. The monoisotopic (exact) mass is 375 g/mol. The highest BCUT2D eigenvalue weighted by Crippen LogP contribution is 2.33. The second kappa shape index (κ2) is 7.19. The molecule has 144 valence electrons. The molecular formula is C19H23F2N5O. The van der Waals surface area contributed by atoms with Gasteiger partial charge in [-0.25, -0.2) is 8.78 Å². The third-order valence-electron chi connectivity index (χ3n) is 4.27. The molecule has 1 atom stereocenters. The number of hydrogen-bond acceptors (Lipinski definition) is 5. The van der Waals surface area contributed by atoms with E-state index in [1.807, 2.05) is 34.7 Å². The molecule has 3 rings (SSSR count). The van der Waals surface area contributed by atoms with Crippen LogP contribution in [0.2, 0.25) is 0 Å². The molecule has 1 unspecified atom stereocenters. The van der Waals surface area contributed by atoms with Crippen LogP contribution in [0.15, 0.2) is 28.9 Å². The van der Waals surface area contributed by atoms with Gasteiger partial charge in [0.1, 0.15) is 17.3 Å². The zero-order valence-electron chi connectivity index (χ0n) is 16.0. The van der Waals surface area contributed by atoms with Crippen molar-refractivity contribution in [3.63, 3.8) is 0 Å². The van der Waals surface area contributed by atoms with Gasteiger partial charge in [-0.1, -0.05) is 5.16 Å². The normalized spacial score (nSPS) is 13.1. The number of hydrogen-bond donors (Lipinski definition) is 1. The van der Waals surface area contributed by atoms with E-state index in [4.69, 9.17) is 4.52 Å². The summed E-state index contributed by atoms with van der Waals surface area (Å²) in [6, 6.07) is 3.58.